The van der Waals surface area contributed by atoms with Gasteiger partial charge in [-0.3, -0.25) is 15.0 Å². The second kappa shape index (κ2) is 9.23. The maximum atomic E-state index is 6.47. The van der Waals surface area contributed by atoms with Gasteiger partial charge in [0.15, 0.2) is 0 Å². The summed E-state index contributed by atoms with van der Waals surface area (Å²) in [5, 5.41) is 16.6. The molecule has 33 heavy (non-hydrogen) atoms. The Labute approximate surface area is 195 Å². The minimum Gasteiger partial charge on any atom is -0.473 e. The fourth-order valence-electron chi connectivity index (χ4n) is 4.35. The van der Waals surface area contributed by atoms with Crippen molar-refractivity contribution in [2.24, 2.45) is 7.05 Å². The van der Waals surface area contributed by atoms with Crippen molar-refractivity contribution in [1.82, 2.24) is 35.2 Å². The third kappa shape index (κ3) is 4.43. The third-order valence-electron chi connectivity index (χ3n) is 6.05. The molecule has 2 N–H and O–H groups in total. The number of aryl methyl sites for hydroxylation is 2. The molecule has 3 aromatic heterocycles. The second-order valence-corrected chi connectivity index (χ2v) is 8.63. The van der Waals surface area contributed by atoms with E-state index in [4.69, 9.17) is 9.72 Å². The number of pyridine rings is 1. The van der Waals surface area contributed by atoms with Crippen LogP contribution in [0.4, 0.5) is 0 Å². The van der Waals surface area contributed by atoms with Gasteiger partial charge in [-0.1, -0.05) is 19.6 Å². The van der Waals surface area contributed by atoms with Gasteiger partial charge in [-0.15, -0.1) is 0 Å². The maximum Gasteiger partial charge on any atom is 0.221 e. The van der Waals surface area contributed by atoms with Crippen molar-refractivity contribution in [2.45, 2.75) is 33.8 Å². The molecule has 8 heteroatoms. The van der Waals surface area contributed by atoms with E-state index in [2.05, 4.69) is 58.1 Å². The quantitative estimate of drug-likeness (QED) is 0.635. The summed E-state index contributed by atoms with van der Waals surface area (Å²) in [7, 11) is 3.87. The highest BCUT2D eigenvalue weighted by Crippen LogP contribution is 2.34. The van der Waals surface area contributed by atoms with Gasteiger partial charge in [0.2, 0.25) is 5.88 Å². The lowest BCUT2D eigenvalue weighted by atomic mass is 10.0. The van der Waals surface area contributed by atoms with Crippen molar-refractivity contribution in [3.05, 3.63) is 53.1 Å². The van der Waals surface area contributed by atoms with Crippen LogP contribution < -0.4 is 10.1 Å². The van der Waals surface area contributed by atoms with E-state index in [0.717, 1.165) is 75.9 Å². The van der Waals surface area contributed by atoms with Gasteiger partial charge in [0.25, 0.3) is 0 Å². The SMILES string of the molecule is C=C(C)C1=C(\NC)CN(CC)CC(C)Oc2c(c(C)nn2C)-c2cc3c(n[nH]c3cn2)\C=C\1. The molecule has 1 aliphatic rings. The van der Waals surface area contributed by atoms with Crippen molar-refractivity contribution in [3.8, 4) is 17.1 Å². The molecule has 1 aliphatic heterocycles. The molecule has 1 unspecified atom stereocenters. The Morgan fingerprint density at radius 3 is 2.85 bits per heavy atom. The molecule has 0 radical (unpaired) electrons. The first kappa shape index (κ1) is 22.8. The highest BCUT2D eigenvalue weighted by molar-refractivity contribution is 5.90. The van der Waals surface area contributed by atoms with E-state index in [1.807, 2.05) is 40.2 Å². The lowest BCUT2D eigenvalue weighted by Crippen LogP contribution is -2.37. The van der Waals surface area contributed by atoms with Crippen LogP contribution in [0.15, 0.2) is 41.8 Å². The maximum absolute atomic E-state index is 6.47. The first-order valence-electron chi connectivity index (χ1n) is 11.3. The fourth-order valence-corrected chi connectivity index (χ4v) is 4.35. The first-order chi connectivity index (χ1) is 15.8. The number of fused-ring (bicyclic) bond motifs is 3. The summed E-state index contributed by atoms with van der Waals surface area (Å²) in [6.45, 7) is 14.9. The van der Waals surface area contributed by atoms with Crippen molar-refractivity contribution in [3.63, 3.8) is 0 Å². The molecular formula is C25H33N7O. The van der Waals surface area contributed by atoms with E-state index >= 15 is 0 Å². The van der Waals surface area contributed by atoms with Crippen LogP contribution in [0.2, 0.25) is 0 Å². The van der Waals surface area contributed by atoms with Crippen LogP contribution in [0, 0.1) is 6.92 Å². The Bertz CT molecular complexity index is 1250. The minimum atomic E-state index is -0.0428. The zero-order valence-corrected chi connectivity index (χ0v) is 20.4. The van der Waals surface area contributed by atoms with Gasteiger partial charge in [-0.25, -0.2) is 4.68 Å². The molecule has 0 spiro atoms. The van der Waals surface area contributed by atoms with Crippen molar-refractivity contribution in [1.29, 1.82) is 0 Å². The van der Waals surface area contributed by atoms with E-state index in [-0.39, 0.29) is 6.10 Å². The van der Waals surface area contributed by atoms with E-state index in [1.165, 1.54) is 0 Å². The van der Waals surface area contributed by atoms with Gasteiger partial charge in [0.05, 0.1) is 34.4 Å². The number of hydrogen-bond acceptors (Lipinski definition) is 6. The number of allylic oxidation sites excluding steroid dienone is 3. The molecule has 0 amide bonds. The molecule has 174 valence electrons. The number of likely N-dealkylation sites (N-methyl/N-ethyl adjacent to an activating group) is 2. The van der Waals surface area contributed by atoms with Crippen LogP contribution in [0.3, 0.4) is 0 Å². The number of aromatic amines is 1. The number of nitrogens with zero attached hydrogens (tertiary/aromatic N) is 5. The largest absolute Gasteiger partial charge is 0.473 e. The van der Waals surface area contributed by atoms with Gasteiger partial charge in [0.1, 0.15) is 6.10 Å². The van der Waals surface area contributed by atoms with Crippen LogP contribution in [-0.2, 0) is 7.05 Å². The topological polar surface area (TPSA) is 83.9 Å². The Morgan fingerprint density at radius 2 is 2.15 bits per heavy atom. The molecular weight excluding hydrogens is 414 g/mol. The van der Waals surface area contributed by atoms with Crippen LogP contribution in [-0.4, -0.2) is 62.6 Å². The van der Waals surface area contributed by atoms with Crippen molar-refractivity contribution in [2.75, 3.05) is 26.7 Å². The molecule has 2 bridgehead atoms. The summed E-state index contributed by atoms with van der Waals surface area (Å²) in [5.41, 5.74) is 7.53. The van der Waals surface area contributed by atoms with Crippen molar-refractivity contribution < 1.29 is 4.74 Å². The highest BCUT2D eigenvalue weighted by Gasteiger charge is 2.22. The van der Waals surface area contributed by atoms with E-state index in [1.54, 1.807) is 4.68 Å². The van der Waals surface area contributed by atoms with Crippen LogP contribution in [0.25, 0.3) is 28.2 Å². The van der Waals surface area contributed by atoms with Gasteiger partial charge in [-0.05, 0) is 50.6 Å². The summed E-state index contributed by atoms with van der Waals surface area (Å²) < 4.78 is 8.27. The second-order valence-electron chi connectivity index (χ2n) is 8.63. The summed E-state index contributed by atoms with van der Waals surface area (Å²) >= 11 is 0. The monoisotopic (exact) mass is 447 g/mol. The molecule has 0 saturated carbocycles. The molecule has 1 atom stereocenters. The molecule has 4 rings (SSSR count). The van der Waals surface area contributed by atoms with Gasteiger partial charge >= 0.3 is 0 Å². The normalized spacial score (nSPS) is 20.7. The average molecular weight is 448 g/mol. The average Bonchev–Trinajstić information content (AvgIpc) is 3.30. The number of rotatable bonds is 3. The number of ether oxygens (including phenoxy) is 1. The predicted octanol–water partition coefficient (Wildman–Crippen LogP) is 3.83. The summed E-state index contributed by atoms with van der Waals surface area (Å²) in [6, 6.07) is 2.06. The molecule has 0 fully saturated rings. The van der Waals surface area contributed by atoms with Crippen LogP contribution >= 0.6 is 0 Å². The lowest BCUT2D eigenvalue weighted by molar-refractivity contribution is 0.144. The van der Waals surface area contributed by atoms with Crippen LogP contribution in [0.5, 0.6) is 5.88 Å². The van der Waals surface area contributed by atoms with Gasteiger partial charge in [-0.2, -0.15) is 10.2 Å². The molecule has 0 aliphatic carbocycles. The minimum absolute atomic E-state index is 0.0428. The molecule has 0 saturated heterocycles. The molecule has 3 aromatic rings. The molecule has 8 nitrogen and oxygen atoms in total. The summed E-state index contributed by atoms with van der Waals surface area (Å²) in [4.78, 5) is 7.06. The van der Waals surface area contributed by atoms with E-state index < -0.39 is 0 Å². The fraction of sp³-hybridized carbons (Fsp3) is 0.400. The van der Waals surface area contributed by atoms with E-state index in [9.17, 15) is 0 Å². The lowest BCUT2D eigenvalue weighted by Gasteiger charge is -2.27. The Kier molecular flexibility index (Phi) is 6.37. The zero-order valence-electron chi connectivity index (χ0n) is 20.4. The smallest absolute Gasteiger partial charge is 0.221 e. The number of aromatic nitrogens is 5. The first-order valence-corrected chi connectivity index (χ1v) is 11.3. The Hall–Kier alpha value is -3.39. The van der Waals surface area contributed by atoms with Crippen molar-refractivity contribution >= 4 is 17.0 Å². The highest BCUT2D eigenvalue weighted by atomic mass is 16.5. The van der Waals surface area contributed by atoms with E-state index in [0.29, 0.717) is 0 Å². The number of nitrogens with one attached hydrogen (secondary N) is 2. The zero-order chi connectivity index (χ0) is 23.7. The number of hydrogen-bond donors (Lipinski definition) is 2. The summed E-state index contributed by atoms with van der Waals surface area (Å²) in [5.74, 6) is 0.727. The number of H-pyrrole nitrogens is 1. The Morgan fingerprint density at radius 1 is 1.36 bits per heavy atom. The Balaban J connectivity index is 1.94. The molecule has 0 aromatic carbocycles. The van der Waals surface area contributed by atoms with Gasteiger partial charge in [0, 0.05) is 38.3 Å². The standard InChI is InChI=1S/C25H33N7O/c1-8-32-13-16(4)33-25-24(17(5)30-31(25)7)21-11-19-20(28-29-22(19)12-27-21)10-9-18(15(2)3)23(14-32)26-6/h9-12,16,26H,2,8,13-14H2,1,3-7H3,(H,28,29)/b10-9+,23-18-. The van der Waals surface area contributed by atoms with Crippen LogP contribution in [0.1, 0.15) is 32.2 Å². The predicted molar refractivity (Wildman–Crippen MR) is 133 cm³/mol. The third-order valence-corrected chi connectivity index (χ3v) is 6.05. The van der Waals surface area contributed by atoms with Gasteiger partial charge < -0.3 is 10.1 Å². The summed E-state index contributed by atoms with van der Waals surface area (Å²) in [6.07, 6.45) is 5.91. The molecule has 4 heterocycles.